The summed E-state index contributed by atoms with van der Waals surface area (Å²) in [7, 11) is -3.54. The first-order chi connectivity index (χ1) is 13.9. The molecule has 2 aliphatic heterocycles. The average molecular weight is 442 g/mol. The third-order valence-corrected chi connectivity index (χ3v) is 7.59. The van der Waals surface area contributed by atoms with Crippen LogP contribution in [0.15, 0.2) is 27.6 Å². The van der Waals surface area contributed by atoms with Crippen molar-refractivity contribution in [1.82, 2.24) is 14.4 Å². The number of halogens is 1. The van der Waals surface area contributed by atoms with Crippen molar-refractivity contribution in [2.45, 2.75) is 56.3 Å². The Hall–Kier alpha value is -1.52. The van der Waals surface area contributed by atoms with Gasteiger partial charge in [-0.25, -0.2) is 8.42 Å². The van der Waals surface area contributed by atoms with E-state index in [-0.39, 0.29) is 18.8 Å². The van der Waals surface area contributed by atoms with E-state index in [9.17, 15) is 8.42 Å². The Morgan fingerprint density at radius 1 is 1.28 bits per heavy atom. The van der Waals surface area contributed by atoms with Crippen LogP contribution in [0.3, 0.4) is 0 Å². The van der Waals surface area contributed by atoms with Crippen LogP contribution in [0.4, 0.5) is 0 Å². The Morgan fingerprint density at radius 2 is 2.07 bits per heavy atom. The fourth-order valence-electron chi connectivity index (χ4n) is 3.70. The molecule has 0 aliphatic carbocycles. The smallest absolute Gasteiger partial charge is 0.255 e. The number of hydrogen-bond acceptors (Lipinski definition) is 7. The number of nitrogens with zero attached hydrogens (tertiary/aromatic N) is 3. The van der Waals surface area contributed by atoms with Crippen LogP contribution in [0.2, 0.25) is 5.02 Å². The largest absolute Gasteiger partial charge is 0.370 e. The number of aromatic nitrogens is 2. The van der Waals surface area contributed by atoms with Gasteiger partial charge in [0, 0.05) is 24.7 Å². The minimum absolute atomic E-state index is 0.0440. The van der Waals surface area contributed by atoms with Crippen molar-refractivity contribution in [2.24, 2.45) is 0 Å². The normalized spacial score (nSPS) is 21.7. The summed E-state index contributed by atoms with van der Waals surface area (Å²) < 4.78 is 44.0. The lowest BCUT2D eigenvalue weighted by Gasteiger charge is -2.31. The summed E-state index contributed by atoms with van der Waals surface area (Å²) in [6.07, 6.45) is 2.96. The zero-order chi connectivity index (χ0) is 20.4. The minimum Gasteiger partial charge on any atom is -0.370 e. The molecule has 1 atom stereocenters. The van der Waals surface area contributed by atoms with Gasteiger partial charge in [-0.05, 0) is 56.4 Å². The van der Waals surface area contributed by atoms with Crippen molar-refractivity contribution in [3.05, 3.63) is 40.5 Å². The second-order valence-corrected chi connectivity index (χ2v) is 9.72. The number of ether oxygens (including phenoxy) is 2. The molecular formula is C19H24ClN3O5S. The Morgan fingerprint density at radius 3 is 2.76 bits per heavy atom. The summed E-state index contributed by atoms with van der Waals surface area (Å²) in [5, 5.41) is 4.47. The van der Waals surface area contributed by atoms with Gasteiger partial charge in [0.1, 0.15) is 12.7 Å². The van der Waals surface area contributed by atoms with Crippen LogP contribution in [0.25, 0.3) is 0 Å². The number of piperidine rings is 1. The predicted molar refractivity (Wildman–Crippen MR) is 105 cm³/mol. The molecule has 8 nitrogen and oxygen atoms in total. The average Bonchev–Trinajstić information content (AvgIpc) is 3.38. The summed E-state index contributed by atoms with van der Waals surface area (Å²) >= 11 is 5.95. The first-order valence-electron chi connectivity index (χ1n) is 9.75. The fourth-order valence-corrected chi connectivity index (χ4v) is 5.60. The van der Waals surface area contributed by atoms with Crippen molar-refractivity contribution in [1.29, 1.82) is 0 Å². The Kier molecular flexibility index (Phi) is 6.21. The molecule has 0 bridgehead atoms. The molecule has 4 rings (SSSR count). The van der Waals surface area contributed by atoms with Gasteiger partial charge in [0.25, 0.3) is 5.89 Å². The van der Waals surface area contributed by atoms with Gasteiger partial charge in [0.2, 0.25) is 10.0 Å². The van der Waals surface area contributed by atoms with Crippen molar-refractivity contribution < 1.29 is 22.4 Å². The highest BCUT2D eigenvalue weighted by molar-refractivity contribution is 7.89. The Labute approximate surface area is 175 Å². The SMILES string of the molecule is Cc1cc(Cl)ccc1S(=O)(=O)N1CCC(OCc2noc(C3CCCO3)n2)CC1. The quantitative estimate of drug-likeness (QED) is 0.678. The van der Waals surface area contributed by atoms with Crippen molar-refractivity contribution in [2.75, 3.05) is 19.7 Å². The summed E-state index contributed by atoms with van der Waals surface area (Å²) in [6, 6.07) is 4.84. The van der Waals surface area contributed by atoms with E-state index in [4.69, 9.17) is 25.6 Å². The van der Waals surface area contributed by atoms with Gasteiger partial charge in [0.15, 0.2) is 5.82 Å². The van der Waals surface area contributed by atoms with Crippen molar-refractivity contribution >= 4 is 21.6 Å². The van der Waals surface area contributed by atoms with Crippen molar-refractivity contribution in [3.8, 4) is 0 Å². The molecule has 3 heterocycles. The summed E-state index contributed by atoms with van der Waals surface area (Å²) in [5.74, 6) is 0.989. The molecule has 1 aromatic heterocycles. The topological polar surface area (TPSA) is 94.8 Å². The molecule has 29 heavy (non-hydrogen) atoms. The first-order valence-corrected chi connectivity index (χ1v) is 11.6. The van der Waals surface area contributed by atoms with Gasteiger partial charge in [-0.1, -0.05) is 16.8 Å². The zero-order valence-electron chi connectivity index (χ0n) is 16.2. The van der Waals surface area contributed by atoms with Gasteiger partial charge in [-0.2, -0.15) is 9.29 Å². The number of aryl methyl sites for hydroxylation is 1. The number of hydrogen-bond donors (Lipinski definition) is 0. The molecule has 0 spiro atoms. The molecule has 1 aromatic carbocycles. The molecule has 0 saturated carbocycles. The first kappa shape index (κ1) is 20.7. The van der Waals surface area contributed by atoms with E-state index < -0.39 is 10.0 Å². The molecule has 10 heteroatoms. The summed E-state index contributed by atoms with van der Waals surface area (Å²) in [6.45, 7) is 3.52. The van der Waals surface area contributed by atoms with E-state index >= 15 is 0 Å². The number of rotatable bonds is 6. The fraction of sp³-hybridized carbons (Fsp3) is 0.579. The lowest BCUT2D eigenvalue weighted by atomic mass is 10.1. The molecule has 0 radical (unpaired) electrons. The second kappa shape index (κ2) is 8.69. The highest BCUT2D eigenvalue weighted by Crippen LogP contribution is 2.28. The lowest BCUT2D eigenvalue weighted by Crippen LogP contribution is -2.41. The Bertz CT molecular complexity index is 951. The molecule has 2 aromatic rings. The van der Waals surface area contributed by atoms with Crippen molar-refractivity contribution in [3.63, 3.8) is 0 Å². The van der Waals surface area contributed by atoms with Crippen LogP contribution in [0, 0.1) is 6.92 Å². The molecule has 2 fully saturated rings. The lowest BCUT2D eigenvalue weighted by molar-refractivity contribution is 0.00636. The molecule has 2 aliphatic rings. The van der Waals surface area contributed by atoms with Gasteiger partial charge in [-0.15, -0.1) is 0 Å². The van der Waals surface area contributed by atoms with Crippen LogP contribution >= 0.6 is 11.6 Å². The minimum atomic E-state index is -3.54. The van der Waals surface area contributed by atoms with Crippen LogP contribution < -0.4 is 0 Å². The van der Waals surface area contributed by atoms with E-state index in [1.807, 2.05) is 0 Å². The van der Waals surface area contributed by atoms with E-state index in [1.54, 1.807) is 25.1 Å². The summed E-state index contributed by atoms with van der Waals surface area (Å²) in [4.78, 5) is 4.64. The van der Waals surface area contributed by atoms with Gasteiger partial charge >= 0.3 is 0 Å². The standard InChI is InChI=1S/C19H24ClN3O5S/c1-13-11-14(20)4-5-17(13)29(24,25)23-8-6-15(7-9-23)27-12-18-21-19(28-22-18)16-3-2-10-26-16/h4-5,11,15-16H,2-3,6-10,12H2,1H3. The van der Waals surface area contributed by atoms with E-state index in [2.05, 4.69) is 10.1 Å². The van der Waals surface area contributed by atoms with Crippen LogP contribution in [-0.4, -0.2) is 48.7 Å². The van der Waals surface area contributed by atoms with Gasteiger partial charge in [0.05, 0.1) is 11.0 Å². The van der Waals surface area contributed by atoms with E-state index in [1.165, 1.54) is 4.31 Å². The third kappa shape index (κ3) is 4.64. The second-order valence-electron chi connectivity index (χ2n) is 7.37. The molecule has 1 unspecified atom stereocenters. The van der Waals surface area contributed by atoms with Crippen LogP contribution in [-0.2, 0) is 26.1 Å². The highest BCUT2D eigenvalue weighted by Gasteiger charge is 2.31. The summed E-state index contributed by atoms with van der Waals surface area (Å²) in [5.41, 5.74) is 0.648. The monoisotopic (exact) mass is 441 g/mol. The maximum atomic E-state index is 12.9. The third-order valence-electron chi connectivity index (χ3n) is 5.29. The predicted octanol–water partition coefficient (Wildman–Crippen LogP) is 3.25. The van der Waals surface area contributed by atoms with Gasteiger partial charge in [-0.3, -0.25) is 0 Å². The molecule has 0 N–H and O–H groups in total. The number of benzene rings is 1. The maximum Gasteiger partial charge on any atom is 0.255 e. The molecule has 158 valence electrons. The Balaban J connectivity index is 1.30. The van der Waals surface area contributed by atoms with Crippen LogP contribution in [0.5, 0.6) is 0 Å². The molecular weight excluding hydrogens is 418 g/mol. The maximum absolute atomic E-state index is 12.9. The van der Waals surface area contributed by atoms with E-state index in [0.29, 0.717) is 53.1 Å². The van der Waals surface area contributed by atoms with E-state index in [0.717, 1.165) is 19.4 Å². The number of sulfonamides is 1. The molecule has 0 amide bonds. The molecule has 2 saturated heterocycles. The zero-order valence-corrected chi connectivity index (χ0v) is 17.8. The highest BCUT2D eigenvalue weighted by atomic mass is 35.5. The van der Waals surface area contributed by atoms with Crippen LogP contribution in [0.1, 0.15) is 49.1 Å². The van der Waals surface area contributed by atoms with Gasteiger partial charge < -0.3 is 14.0 Å².